The lowest BCUT2D eigenvalue weighted by Gasteiger charge is -2.20. The average Bonchev–Trinajstić information content (AvgIpc) is 3.80. The summed E-state index contributed by atoms with van der Waals surface area (Å²) in [6, 6.07) is 46.9. The molecule has 10 heteroatoms. The topological polar surface area (TPSA) is 51.8 Å². The van der Waals surface area contributed by atoms with Crippen LogP contribution in [0.5, 0.6) is 0 Å². The number of benzene rings is 7. The number of thiophene rings is 1. The Morgan fingerprint density at radius 3 is 1.60 bits per heavy atom. The summed E-state index contributed by atoms with van der Waals surface area (Å²) in [7, 11) is 11.1. The molecule has 0 aliphatic carbocycles. The zero-order valence-corrected chi connectivity index (χ0v) is 32.2. The second kappa shape index (κ2) is 13.0. The van der Waals surface area contributed by atoms with Crippen LogP contribution in [0.1, 0.15) is 0 Å². The van der Waals surface area contributed by atoms with Crippen LogP contribution < -0.4 is 27.3 Å². The lowest BCUT2D eigenvalue weighted by Crippen LogP contribution is -2.55. The van der Waals surface area contributed by atoms with Crippen molar-refractivity contribution in [2.45, 2.75) is 0 Å². The highest BCUT2D eigenvalue weighted by atomic mass is 32.1. The van der Waals surface area contributed by atoms with Gasteiger partial charge in [-0.3, -0.25) is 0 Å². The molecule has 0 radical (unpaired) electrons. The van der Waals surface area contributed by atoms with Crippen molar-refractivity contribution in [2.24, 2.45) is 0 Å². The quantitative estimate of drug-likeness (QED) is 0.255. The Hall–Kier alpha value is -6.11. The van der Waals surface area contributed by atoms with E-state index in [0.717, 1.165) is 44.2 Å². The zero-order valence-electron chi connectivity index (χ0n) is 31.4. The monoisotopic (exact) mass is 717 g/mol. The van der Waals surface area contributed by atoms with Gasteiger partial charge in [-0.2, -0.15) is 0 Å². The molecule has 0 saturated carbocycles. The van der Waals surface area contributed by atoms with Crippen molar-refractivity contribution < 1.29 is 4.42 Å². The third-order valence-electron chi connectivity index (χ3n) is 11.5. The Bertz CT molecular complexity index is 3130. The standard InChI is InChI=1S/C45H32B5N3OS/c46-37-36(38(47)40(49)41(50)39(37)48)23-13-15-25(16-14-23)44-51-43(24-7-2-1-3-8-24)52-45(53-44)27-18-20-34-32(22-27)31-21-26(17-19-33(31)54-34)28-10-6-11-30-29-9-4-5-12-35(29)55-42(28)30/h1-22H,46-50H2. The summed E-state index contributed by atoms with van der Waals surface area (Å²) in [4.78, 5) is 15.2. The van der Waals surface area contributed by atoms with E-state index in [1.54, 1.807) is 0 Å². The van der Waals surface area contributed by atoms with Crippen LogP contribution in [0.3, 0.4) is 0 Å². The van der Waals surface area contributed by atoms with Crippen molar-refractivity contribution in [1.29, 1.82) is 0 Å². The molecule has 4 nitrogen and oxygen atoms in total. The van der Waals surface area contributed by atoms with E-state index in [0.29, 0.717) is 17.5 Å². The first-order valence-corrected chi connectivity index (χ1v) is 19.5. The maximum absolute atomic E-state index is 6.39. The predicted molar refractivity (Wildman–Crippen MR) is 248 cm³/mol. The van der Waals surface area contributed by atoms with Crippen LogP contribution >= 0.6 is 11.3 Å². The Kier molecular flexibility index (Phi) is 7.93. The molecular weight excluding hydrogens is 685 g/mol. The number of nitrogens with zero attached hydrogens (tertiary/aromatic N) is 3. The van der Waals surface area contributed by atoms with Crippen molar-refractivity contribution in [3.05, 3.63) is 133 Å². The van der Waals surface area contributed by atoms with E-state index in [-0.39, 0.29) is 0 Å². The molecule has 3 aromatic heterocycles. The number of hydrogen-bond donors (Lipinski definition) is 0. The number of hydrogen-bond acceptors (Lipinski definition) is 5. The summed E-state index contributed by atoms with van der Waals surface area (Å²) < 4.78 is 8.99. The van der Waals surface area contributed by atoms with Crippen LogP contribution in [0.4, 0.5) is 0 Å². The summed E-state index contributed by atoms with van der Waals surface area (Å²) in [5.74, 6) is 1.89. The SMILES string of the molecule is Bc1c(B)c(B)c(-c2ccc(-c3nc(-c4ccccc4)nc(-c4ccc5oc6ccc(-c7cccc8c7sc7ccccc78)cc6c5c4)n3)cc2)c(B)c1B. The first-order valence-electron chi connectivity index (χ1n) is 18.7. The maximum Gasteiger partial charge on any atom is 0.164 e. The molecule has 0 fully saturated rings. The molecule has 254 valence electrons. The van der Waals surface area contributed by atoms with Gasteiger partial charge in [0, 0.05) is 47.6 Å². The van der Waals surface area contributed by atoms with Gasteiger partial charge in [0.15, 0.2) is 17.5 Å². The van der Waals surface area contributed by atoms with Gasteiger partial charge in [0.1, 0.15) is 50.4 Å². The highest BCUT2D eigenvalue weighted by Crippen LogP contribution is 2.41. The van der Waals surface area contributed by atoms with Gasteiger partial charge in [0.05, 0.1) is 0 Å². The van der Waals surface area contributed by atoms with Crippen LogP contribution in [0, 0.1) is 0 Å². The van der Waals surface area contributed by atoms with Gasteiger partial charge in [-0.1, -0.05) is 108 Å². The molecule has 10 aromatic rings. The van der Waals surface area contributed by atoms with Gasteiger partial charge in [-0.25, -0.2) is 15.0 Å². The lowest BCUT2D eigenvalue weighted by molar-refractivity contribution is 0.669. The van der Waals surface area contributed by atoms with E-state index in [1.807, 2.05) is 53.8 Å². The fourth-order valence-corrected chi connectivity index (χ4v) is 9.37. The molecule has 0 unspecified atom stereocenters. The van der Waals surface area contributed by atoms with Gasteiger partial charge in [-0.15, -0.1) is 27.7 Å². The molecule has 0 aliphatic rings. The Morgan fingerprint density at radius 1 is 0.400 bits per heavy atom. The largest absolute Gasteiger partial charge is 0.456 e. The Labute approximate surface area is 327 Å². The van der Waals surface area contributed by atoms with Gasteiger partial charge < -0.3 is 4.42 Å². The summed E-state index contributed by atoms with van der Waals surface area (Å²) in [6.07, 6.45) is 0. The van der Waals surface area contributed by atoms with Crippen LogP contribution in [0.2, 0.25) is 0 Å². The van der Waals surface area contributed by atoms with Gasteiger partial charge >= 0.3 is 0 Å². The predicted octanol–water partition coefficient (Wildman–Crippen LogP) is 3.77. The average molecular weight is 717 g/mol. The van der Waals surface area contributed by atoms with E-state index in [1.165, 1.54) is 64.2 Å². The summed E-state index contributed by atoms with van der Waals surface area (Å²) in [6.45, 7) is 0. The van der Waals surface area contributed by atoms with Crippen molar-refractivity contribution in [1.82, 2.24) is 15.0 Å². The van der Waals surface area contributed by atoms with Gasteiger partial charge in [0.2, 0.25) is 0 Å². The Balaban J connectivity index is 1.09. The molecule has 0 aliphatic heterocycles. The summed E-state index contributed by atoms with van der Waals surface area (Å²) in [5.41, 5.74) is 16.1. The molecule has 0 N–H and O–H groups in total. The number of fused-ring (bicyclic) bond motifs is 6. The highest BCUT2D eigenvalue weighted by Gasteiger charge is 2.18. The molecule has 0 atom stereocenters. The van der Waals surface area contributed by atoms with E-state index in [4.69, 9.17) is 19.4 Å². The van der Waals surface area contributed by atoms with Crippen molar-refractivity contribution in [2.75, 3.05) is 0 Å². The van der Waals surface area contributed by atoms with Crippen LogP contribution in [-0.4, -0.2) is 54.2 Å². The fraction of sp³-hybridized carbons (Fsp3) is 0. The van der Waals surface area contributed by atoms with Crippen molar-refractivity contribution in [3.8, 4) is 56.4 Å². The van der Waals surface area contributed by atoms with Crippen molar-refractivity contribution in [3.63, 3.8) is 0 Å². The molecule has 0 amide bonds. The summed E-state index contributed by atoms with van der Waals surface area (Å²) >= 11 is 1.85. The summed E-state index contributed by atoms with van der Waals surface area (Å²) in [5, 5.41) is 4.68. The molecule has 0 saturated heterocycles. The molecule has 0 spiro atoms. The number of furan rings is 1. The smallest absolute Gasteiger partial charge is 0.164 e. The van der Waals surface area contributed by atoms with Gasteiger partial charge in [0.25, 0.3) is 0 Å². The fourth-order valence-electron chi connectivity index (χ4n) is 8.13. The molecular formula is C45H32B5N3OS. The lowest BCUT2D eigenvalue weighted by atomic mass is 9.59. The molecule has 3 heterocycles. The minimum absolute atomic E-state index is 0.617. The zero-order chi connectivity index (χ0) is 37.4. The maximum atomic E-state index is 6.39. The minimum atomic E-state index is 0.617. The molecule has 0 bridgehead atoms. The second-order valence-corrected chi connectivity index (χ2v) is 15.6. The highest BCUT2D eigenvalue weighted by molar-refractivity contribution is 7.26. The van der Waals surface area contributed by atoms with Crippen LogP contribution in [0.25, 0.3) is 98.5 Å². The minimum Gasteiger partial charge on any atom is -0.456 e. The third-order valence-corrected chi connectivity index (χ3v) is 12.8. The third kappa shape index (κ3) is 5.54. The van der Waals surface area contributed by atoms with E-state index in [9.17, 15) is 0 Å². The molecule has 55 heavy (non-hydrogen) atoms. The van der Waals surface area contributed by atoms with E-state index in [2.05, 4.69) is 130 Å². The normalized spacial score (nSPS) is 11.6. The van der Waals surface area contributed by atoms with E-state index < -0.39 is 0 Å². The van der Waals surface area contributed by atoms with Gasteiger partial charge in [-0.05, 0) is 58.7 Å². The first kappa shape index (κ1) is 33.5. The molecule has 7 aromatic carbocycles. The second-order valence-electron chi connectivity index (χ2n) is 14.6. The Morgan fingerprint density at radius 2 is 0.909 bits per heavy atom. The number of aromatic nitrogens is 3. The van der Waals surface area contributed by atoms with Crippen molar-refractivity contribution >= 4 is 120 Å². The first-order chi connectivity index (χ1) is 26.8. The van der Waals surface area contributed by atoms with Crippen LogP contribution in [-0.2, 0) is 0 Å². The van der Waals surface area contributed by atoms with Crippen LogP contribution in [0.15, 0.2) is 138 Å². The number of rotatable bonds is 5. The molecule has 10 rings (SSSR count). The van der Waals surface area contributed by atoms with E-state index >= 15 is 0 Å².